The lowest BCUT2D eigenvalue weighted by atomic mass is 10.1. The van der Waals surface area contributed by atoms with E-state index in [0.717, 1.165) is 42.7 Å². The van der Waals surface area contributed by atoms with Gasteiger partial charge in [-0.3, -0.25) is 14.5 Å². The molecule has 1 fully saturated rings. The molecule has 9 nitrogen and oxygen atoms in total. The first-order valence-electron chi connectivity index (χ1n) is 12.3. The van der Waals surface area contributed by atoms with Crippen LogP contribution in [0.2, 0.25) is 0 Å². The fourth-order valence-corrected chi connectivity index (χ4v) is 4.52. The smallest absolute Gasteiger partial charge is 0.371 e. The summed E-state index contributed by atoms with van der Waals surface area (Å²) >= 11 is 0. The Hall–Kier alpha value is -4.22. The van der Waals surface area contributed by atoms with Gasteiger partial charge in [-0.2, -0.15) is 18.3 Å². The highest BCUT2D eigenvalue weighted by Gasteiger charge is 2.32. The molecular weight excluding hydrogens is 497 g/mol. The monoisotopic (exact) mass is 524 g/mol. The van der Waals surface area contributed by atoms with E-state index in [4.69, 9.17) is 0 Å². The lowest BCUT2D eigenvalue weighted by molar-refractivity contribution is -0.137. The van der Waals surface area contributed by atoms with Gasteiger partial charge >= 0.3 is 6.18 Å². The SMILES string of the molecule is Cc1ncc(C(=O)Nc2cc(N3CCCCC3)cc(C(F)(F)F)c2)cc1-n1cc(-c2cnn(C)c2C)nn1. The van der Waals surface area contributed by atoms with E-state index >= 15 is 0 Å². The minimum Gasteiger partial charge on any atom is -0.371 e. The first-order valence-corrected chi connectivity index (χ1v) is 12.3. The van der Waals surface area contributed by atoms with Crippen LogP contribution in [-0.4, -0.2) is 48.8 Å². The number of benzene rings is 1. The molecule has 1 saturated heterocycles. The van der Waals surface area contributed by atoms with Gasteiger partial charge < -0.3 is 10.2 Å². The first kappa shape index (κ1) is 25.4. The Balaban J connectivity index is 1.43. The highest BCUT2D eigenvalue weighted by Crippen LogP contribution is 2.35. The second-order valence-corrected chi connectivity index (χ2v) is 9.41. The van der Waals surface area contributed by atoms with Crippen LogP contribution in [0.5, 0.6) is 0 Å². The number of anilines is 2. The van der Waals surface area contributed by atoms with Crippen LogP contribution in [0, 0.1) is 13.8 Å². The number of carbonyl (C=O) groups excluding carboxylic acids is 1. The third kappa shape index (κ3) is 5.11. The van der Waals surface area contributed by atoms with Gasteiger partial charge in [0.15, 0.2) is 0 Å². The Morgan fingerprint density at radius 3 is 2.47 bits per heavy atom. The Kier molecular flexibility index (Phi) is 6.64. The average Bonchev–Trinajstić information content (AvgIpc) is 3.50. The molecule has 3 aromatic heterocycles. The quantitative estimate of drug-likeness (QED) is 0.398. The zero-order chi connectivity index (χ0) is 27.0. The summed E-state index contributed by atoms with van der Waals surface area (Å²) < 4.78 is 44.2. The zero-order valence-electron chi connectivity index (χ0n) is 21.2. The molecule has 1 aliphatic rings. The Labute approximate surface area is 217 Å². The molecule has 198 valence electrons. The highest BCUT2D eigenvalue weighted by molar-refractivity contribution is 6.04. The second-order valence-electron chi connectivity index (χ2n) is 9.41. The van der Waals surface area contributed by atoms with Crippen molar-refractivity contribution in [3.63, 3.8) is 0 Å². The molecule has 1 aromatic carbocycles. The third-order valence-corrected chi connectivity index (χ3v) is 6.80. The number of carbonyl (C=O) groups is 1. The standard InChI is InChI=1S/C26H27F3N8O/c1-16-24(37-15-23(33-34-37)22-14-31-35(3)17(22)2)9-18(13-30-16)25(38)32-20-10-19(26(27,28)29)11-21(12-20)36-7-5-4-6-8-36/h9-15H,4-8H2,1-3H3,(H,32,38). The number of aryl methyl sites for hydroxylation is 2. The number of aromatic nitrogens is 6. The molecule has 12 heteroatoms. The number of rotatable bonds is 5. The summed E-state index contributed by atoms with van der Waals surface area (Å²) in [6.45, 7) is 5.05. The predicted octanol–water partition coefficient (Wildman–Crippen LogP) is 4.94. The minimum atomic E-state index is -4.54. The normalized spacial score (nSPS) is 14.1. The molecule has 1 N–H and O–H groups in total. The second kappa shape index (κ2) is 9.92. The molecule has 0 spiro atoms. The average molecular weight is 525 g/mol. The molecule has 0 bridgehead atoms. The molecule has 38 heavy (non-hydrogen) atoms. The zero-order valence-corrected chi connectivity index (χ0v) is 21.2. The van der Waals surface area contributed by atoms with Crippen LogP contribution in [-0.2, 0) is 13.2 Å². The lowest BCUT2D eigenvalue weighted by Crippen LogP contribution is -2.29. The maximum Gasteiger partial charge on any atom is 0.416 e. The largest absolute Gasteiger partial charge is 0.416 e. The van der Waals surface area contributed by atoms with Crippen molar-refractivity contribution in [2.45, 2.75) is 39.3 Å². The Morgan fingerprint density at radius 1 is 1.03 bits per heavy atom. The van der Waals surface area contributed by atoms with Crippen molar-refractivity contribution in [3.8, 4) is 16.9 Å². The number of nitrogens with zero attached hydrogens (tertiary/aromatic N) is 7. The van der Waals surface area contributed by atoms with E-state index in [-0.39, 0.29) is 11.3 Å². The van der Waals surface area contributed by atoms with Crippen molar-refractivity contribution in [3.05, 3.63) is 65.4 Å². The van der Waals surface area contributed by atoms with Crippen molar-refractivity contribution in [1.29, 1.82) is 0 Å². The highest BCUT2D eigenvalue weighted by atomic mass is 19.4. The van der Waals surface area contributed by atoms with Gasteiger partial charge in [-0.15, -0.1) is 5.10 Å². The number of nitrogens with one attached hydrogen (secondary N) is 1. The van der Waals surface area contributed by atoms with Crippen LogP contribution in [0.3, 0.4) is 0 Å². The number of pyridine rings is 1. The van der Waals surface area contributed by atoms with E-state index in [0.29, 0.717) is 35.9 Å². The van der Waals surface area contributed by atoms with Crippen molar-refractivity contribution in [1.82, 2.24) is 29.8 Å². The molecule has 1 aliphatic heterocycles. The molecule has 4 heterocycles. The number of hydrogen-bond acceptors (Lipinski definition) is 6. The molecule has 0 aliphatic carbocycles. The van der Waals surface area contributed by atoms with E-state index in [2.05, 4.69) is 25.7 Å². The number of piperidine rings is 1. The third-order valence-electron chi connectivity index (χ3n) is 6.80. The van der Waals surface area contributed by atoms with Gasteiger partial charge in [0.2, 0.25) is 0 Å². The first-order chi connectivity index (χ1) is 18.1. The summed E-state index contributed by atoms with van der Waals surface area (Å²) in [5.41, 5.74) is 3.37. The van der Waals surface area contributed by atoms with Crippen molar-refractivity contribution in [2.75, 3.05) is 23.3 Å². The van der Waals surface area contributed by atoms with Crippen LogP contribution < -0.4 is 10.2 Å². The Bertz CT molecular complexity index is 1480. The number of halogens is 3. The predicted molar refractivity (Wildman–Crippen MR) is 136 cm³/mol. The van der Waals surface area contributed by atoms with E-state index in [1.54, 1.807) is 36.1 Å². The van der Waals surface area contributed by atoms with Crippen LogP contribution in [0.1, 0.15) is 46.6 Å². The van der Waals surface area contributed by atoms with Crippen LogP contribution in [0.4, 0.5) is 24.5 Å². The van der Waals surface area contributed by atoms with Gasteiger partial charge in [0.25, 0.3) is 5.91 Å². The summed E-state index contributed by atoms with van der Waals surface area (Å²) in [5, 5.41) is 15.3. The molecule has 4 aromatic rings. The van der Waals surface area contributed by atoms with E-state index < -0.39 is 17.6 Å². The summed E-state index contributed by atoms with van der Waals surface area (Å²) in [5.74, 6) is -0.578. The molecule has 5 rings (SSSR count). The van der Waals surface area contributed by atoms with Crippen LogP contribution in [0.15, 0.2) is 42.9 Å². The Morgan fingerprint density at radius 2 is 1.79 bits per heavy atom. The summed E-state index contributed by atoms with van der Waals surface area (Å²) in [7, 11) is 1.83. The van der Waals surface area contributed by atoms with Crippen molar-refractivity contribution < 1.29 is 18.0 Å². The number of hydrogen-bond donors (Lipinski definition) is 1. The van der Waals surface area contributed by atoms with Crippen LogP contribution in [0.25, 0.3) is 16.9 Å². The van der Waals surface area contributed by atoms with Gasteiger partial charge in [-0.25, -0.2) is 4.68 Å². The molecular formula is C26H27F3N8O. The van der Waals surface area contributed by atoms with Crippen molar-refractivity contribution in [2.24, 2.45) is 7.05 Å². The van der Waals surface area contributed by atoms with Gasteiger partial charge in [0.1, 0.15) is 5.69 Å². The molecule has 1 amide bonds. The van der Waals surface area contributed by atoms with Gasteiger partial charge in [-0.05, 0) is 57.4 Å². The van der Waals surface area contributed by atoms with Crippen molar-refractivity contribution >= 4 is 17.3 Å². The fourth-order valence-electron chi connectivity index (χ4n) is 4.52. The van der Waals surface area contributed by atoms with Gasteiger partial charge in [0, 0.05) is 49.0 Å². The maximum atomic E-state index is 13.6. The number of amides is 1. The maximum absolute atomic E-state index is 13.6. The van der Waals surface area contributed by atoms with E-state index in [1.807, 2.05) is 18.9 Å². The van der Waals surface area contributed by atoms with E-state index in [1.165, 1.54) is 10.9 Å². The fraction of sp³-hybridized carbons (Fsp3) is 0.346. The summed E-state index contributed by atoms with van der Waals surface area (Å²) in [4.78, 5) is 19.4. The summed E-state index contributed by atoms with van der Waals surface area (Å²) in [6, 6.07) is 5.26. The topological polar surface area (TPSA) is 93.8 Å². The minimum absolute atomic E-state index is 0.0719. The molecule has 0 saturated carbocycles. The van der Waals surface area contributed by atoms with E-state index in [9.17, 15) is 18.0 Å². The lowest BCUT2D eigenvalue weighted by Gasteiger charge is -2.29. The molecule has 0 atom stereocenters. The number of alkyl halides is 3. The summed E-state index contributed by atoms with van der Waals surface area (Å²) in [6.07, 6.45) is 3.15. The molecule has 0 radical (unpaired) electrons. The van der Waals surface area contributed by atoms with Gasteiger partial charge in [-0.1, -0.05) is 5.21 Å². The van der Waals surface area contributed by atoms with Crippen LogP contribution >= 0.6 is 0 Å². The molecule has 0 unspecified atom stereocenters. The van der Waals surface area contributed by atoms with Gasteiger partial charge in [0.05, 0.1) is 34.9 Å².